The first-order chi connectivity index (χ1) is 9.47. The Balaban J connectivity index is 2.01. The van der Waals surface area contributed by atoms with E-state index in [1.807, 2.05) is 30.3 Å². The molecule has 0 aliphatic heterocycles. The summed E-state index contributed by atoms with van der Waals surface area (Å²) in [4.78, 5) is 3.85. The molecule has 0 fully saturated rings. The molecule has 2 rings (SSSR count). The lowest BCUT2D eigenvalue weighted by Gasteiger charge is -2.14. The number of pyridine rings is 1. The van der Waals surface area contributed by atoms with Crippen LogP contribution >= 0.6 is 0 Å². The second-order valence-electron chi connectivity index (χ2n) is 4.33. The maximum atomic E-state index is 12.6. The van der Waals surface area contributed by atoms with E-state index in [2.05, 4.69) is 10.3 Å². The van der Waals surface area contributed by atoms with Gasteiger partial charge in [-0.15, -0.1) is 0 Å². The van der Waals surface area contributed by atoms with E-state index in [0.717, 1.165) is 23.9 Å². The molecule has 0 bridgehead atoms. The molecule has 1 aromatic carbocycles. The second-order valence-corrected chi connectivity index (χ2v) is 4.33. The van der Waals surface area contributed by atoms with Crippen LogP contribution in [0.3, 0.4) is 0 Å². The van der Waals surface area contributed by atoms with E-state index in [1.54, 1.807) is 0 Å². The largest absolute Gasteiger partial charge is 0.416 e. The summed E-state index contributed by atoms with van der Waals surface area (Å²) in [6.07, 6.45) is -3.25. The van der Waals surface area contributed by atoms with Crippen LogP contribution in [0.1, 0.15) is 17.2 Å². The lowest BCUT2D eigenvalue weighted by molar-refractivity contribution is -0.137. The highest BCUT2D eigenvalue weighted by Gasteiger charge is 2.30. The molecule has 0 amide bonds. The van der Waals surface area contributed by atoms with Gasteiger partial charge in [0.15, 0.2) is 0 Å². The van der Waals surface area contributed by atoms with E-state index >= 15 is 0 Å². The summed E-state index contributed by atoms with van der Waals surface area (Å²) < 4.78 is 37.7. The van der Waals surface area contributed by atoms with Crippen molar-refractivity contribution in [2.75, 3.05) is 11.9 Å². The predicted octanol–water partition coefficient (Wildman–Crippen LogP) is 3.21. The molecule has 0 saturated carbocycles. The van der Waals surface area contributed by atoms with Gasteiger partial charge in [-0.25, -0.2) is 4.98 Å². The summed E-state index contributed by atoms with van der Waals surface area (Å²) >= 11 is 0. The first kappa shape index (κ1) is 14.3. The van der Waals surface area contributed by atoms with Crippen molar-refractivity contribution >= 4 is 5.82 Å². The van der Waals surface area contributed by atoms with Gasteiger partial charge in [-0.05, 0) is 17.7 Å². The summed E-state index contributed by atoms with van der Waals surface area (Å²) in [6, 6.07) is 10.9. The van der Waals surface area contributed by atoms with Gasteiger partial charge in [0.1, 0.15) is 5.82 Å². The third kappa shape index (κ3) is 3.71. The number of alkyl halides is 3. The van der Waals surface area contributed by atoms with E-state index in [-0.39, 0.29) is 11.9 Å². The fourth-order valence-corrected chi connectivity index (χ4v) is 1.74. The average molecular weight is 281 g/mol. The number of halogens is 3. The zero-order valence-electron chi connectivity index (χ0n) is 10.6. The third-order valence-electron chi connectivity index (χ3n) is 2.82. The molecule has 0 radical (unpaired) electrons. The number of benzene rings is 1. The molecule has 6 heteroatoms. The molecule has 3 N–H and O–H groups in total. The van der Waals surface area contributed by atoms with Gasteiger partial charge in [-0.1, -0.05) is 30.3 Å². The predicted molar refractivity (Wildman–Crippen MR) is 71.1 cm³/mol. The SMILES string of the molecule is NC(CNc1cc(C(F)(F)F)ccn1)c1ccccc1. The minimum absolute atomic E-state index is 0.159. The number of nitrogens with zero attached hydrogens (tertiary/aromatic N) is 1. The summed E-state index contributed by atoms with van der Waals surface area (Å²) in [6.45, 7) is 0.304. The molecule has 1 heterocycles. The lowest BCUT2D eigenvalue weighted by atomic mass is 10.1. The van der Waals surface area contributed by atoms with Crippen LogP contribution in [0.5, 0.6) is 0 Å². The van der Waals surface area contributed by atoms with Crippen LogP contribution in [0.2, 0.25) is 0 Å². The topological polar surface area (TPSA) is 50.9 Å². The van der Waals surface area contributed by atoms with Gasteiger partial charge in [0.25, 0.3) is 0 Å². The molecular weight excluding hydrogens is 267 g/mol. The maximum absolute atomic E-state index is 12.6. The van der Waals surface area contributed by atoms with Crippen molar-refractivity contribution in [3.05, 3.63) is 59.8 Å². The number of nitrogens with two attached hydrogens (primary N) is 1. The molecule has 20 heavy (non-hydrogen) atoms. The zero-order chi connectivity index (χ0) is 14.6. The number of aromatic nitrogens is 1. The summed E-state index contributed by atoms with van der Waals surface area (Å²) in [7, 11) is 0. The van der Waals surface area contributed by atoms with E-state index in [4.69, 9.17) is 5.73 Å². The Hall–Kier alpha value is -2.08. The van der Waals surface area contributed by atoms with Gasteiger partial charge in [-0.3, -0.25) is 0 Å². The highest BCUT2D eigenvalue weighted by atomic mass is 19.4. The Bertz CT molecular complexity index is 555. The number of rotatable bonds is 4. The molecule has 1 atom stereocenters. The first-order valence-corrected chi connectivity index (χ1v) is 6.04. The standard InChI is InChI=1S/C14H14F3N3/c15-14(16,17)11-6-7-19-13(8-11)20-9-12(18)10-4-2-1-3-5-10/h1-8,12H,9,18H2,(H,19,20). The van der Waals surface area contributed by atoms with Crippen molar-refractivity contribution in [3.63, 3.8) is 0 Å². The van der Waals surface area contributed by atoms with Crippen molar-refractivity contribution in [2.24, 2.45) is 5.73 Å². The number of nitrogens with one attached hydrogen (secondary N) is 1. The van der Waals surface area contributed by atoms with Gasteiger partial charge in [0.2, 0.25) is 0 Å². The van der Waals surface area contributed by atoms with Crippen LogP contribution in [0.25, 0.3) is 0 Å². The van der Waals surface area contributed by atoms with Crippen molar-refractivity contribution in [2.45, 2.75) is 12.2 Å². The third-order valence-corrected chi connectivity index (χ3v) is 2.82. The van der Waals surface area contributed by atoms with E-state index in [0.29, 0.717) is 6.54 Å². The molecular formula is C14H14F3N3. The van der Waals surface area contributed by atoms with Gasteiger partial charge in [-0.2, -0.15) is 13.2 Å². The fourth-order valence-electron chi connectivity index (χ4n) is 1.74. The Morgan fingerprint density at radius 2 is 1.85 bits per heavy atom. The van der Waals surface area contributed by atoms with Crippen molar-refractivity contribution in [1.82, 2.24) is 4.98 Å². The van der Waals surface area contributed by atoms with Gasteiger partial charge in [0.05, 0.1) is 5.56 Å². The minimum atomic E-state index is -4.37. The highest BCUT2D eigenvalue weighted by molar-refractivity contribution is 5.39. The highest BCUT2D eigenvalue weighted by Crippen LogP contribution is 2.29. The lowest BCUT2D eigenvalue weighted by Crippen LogP contribution is -2.21. The Labute approximate surface area is 114 Å². The van der Waals surface area contributed by atoms with Gasteiger partial charge < -0.3 is 11.1 Å². The quantitative estimate of drug-likeness (QED) is 0.904. The van der Waals surface area contributed by atoms with E-state index < -0.39 is 11.7 Å². The number of hydrogen-bond acceptors (Lipinski definition) is 3. The van der Waals surface area contributed by atoms with Crippen LogP contribution < -0.4 is 11.1 Å². The van der Waals surface area contributed by atoms with Crippen LogP contribution in [0.4, 0.5) is 19.0 Å². The number of hydrogen-bond donors (Lipinski definition) is 2. The molecule has 2 aromatic rings. The molecule has 106 valence electrons. The van der Waals surface area contributed by atoms with Crippen LogP contribution in [0.15, 0.2) is 48.7 Å². The Morgan fingerprint density at radius 3 is 2.50 bits per heavy atom. The monoisotopic (exact) mass is 281 g/mol. The molecule has 1 unspecified atom stereocenters. The number of anilines is 1. The van der Waals surface area contributed by atoms with Crippen molar-refractivity contribution < 1.29 is 13.2 Å². The molecule has 3 nitrogen and oxygen atoms in total. The van der Waals surface area contributed by atoms with Gasteiger partial charge in [0, 0.05) is 18.8 Å². The Morgan fingerprint density at radius 1 is 1.15 bits per heavy atom. The van der Waals surface area contributed by atoms with Crippen LogP contribution in [0, 0.1) is 0 Å². The molecule has 0 spiro atoms. The van der Waals surface area contributed by atoms with Crippen molar-refractivity contribution in [1.29, 1.82) is 0 Å². The summed E-state index contributed by atoms with van der Waals surface area (Å²) in [5, 5.41) is 2.82. The Kier molecular flexibility index (Phi) is 4.24. The summed E-state index contributed by atoms with van der Waals surface area (Å²) in [5.74, 6) is 0.159. The minimum Gasteiger partial charge on any atom is -0.368 e. The van der Waals surface area contributed by atoms with Crippen molar-refractivity contribution in [3.8, 4) is 0 Å². The molecule has 0 saturated heterocycles. The fraction of sp³-hybridized carbons (Fsp3) is 0.214. The average Bonchev–Trinajstić information content (AvgIpc) is 2.45. The van der Waals surface area contributed by atoms with Crippen LogP contribution in [-0.2, 0) is 6.18 Å². The smallest absolute Gasteiger partial charge is 0.368 e. The molecule has 0 aliphatic carbocycles. The van der Waals surface area contributed by atoms with E-state index in [1.165, 1.54) is 0 Å². The molecule has 0 aliphatic rings. The van der Waals surface area contributed by atoms with Gasteiger partial charge >= 0.3 is 6.18 Å². The normalized spacial score (nSPS) is 13.0. The van der Waals surface area contributed by atoms with Crippen LogP contribution in [-0.4, -0.2) is 11.5 Å². The first-order valence-electron chi connectivity index (χ1n) is 6.04. The zero-order valence-corrected chi connectivity index (χ0v) is 10.6. The molecule has 1 aromatic heterocycles. The second kappa shape index (κ2) is 5.92. The summed E-state index contributed by atoms with van der Waals surface area (Å²) in [5.41, 5.74) is 6.13. The van der Waals surface area contributed by atoms with E-state index in [9.17, 15) is 13.2 Å². The maximum Gasteiger partial charge on any atom is 0.416 e.